The lowest BCUT2D eigenvalue weighted by molar-refractivity contribution is -0.0530. The van der Waals surface area contributed by atoms with Crippen molar-refractivity contribution in [3.05, 3.63) is 42.2 Å². The largest absolute Gasteiger partial charge is 0.458 e. The molecule has 2 aromatic rings. The summed E-state index contributed by atoms with van der Waals surface area (Å²) in [7, 11) is 0. The highest BCUT2D eigenvalue weighted by Crippen LogP contribution is 2.27. The summed E-state index contributed by atoms with van der Waals surface area (Å²) in [5.74, 6) is -0.398. The Balaban J connectivity index is 1.68. The van der Waals surface area contributed by atoms with Gasteiger partial charge in [-0.3, -0.25) is 0 Å². The lowest BCUT2D eigenvalue weighted by Gasteiger charge is -2.22. The molecule has 0 saturated heterocycles. The van der Waals surface area contributed by atoms with Crippen LogP contribution in [-0.4, -0.2) is 15.8 Å². The van der Waals surface area contributed by atoms with Crippen LogP contribution in [-0.2, 0) is 6.42 Å². The maximum atomic E-state index is 14.7. The Hall–Kier alpha value is -1.97. The molecule has 2 rings (SSSR count). The molecular formula is C30H47FN2O. The first-order valence-corrected chi connectivity index (χ1v) is 13.8. The Morgan fingerprint density at radius 2 is 1.21 bits per heavy atom. The van der Waals surface area contributed by atoms with Crippen molar-refractivity contribution in [2.75, 3.05) is 0 Å². The van der Waals surface area contributed by atoms with E-state index in [-0.39, 0.29) is 0 Å². The number of halogens is 1. The summed E-state index contributed by atoms with van der Waals surface area (Å²) < 4.78 is 20.3. The summed E-state index contributed by atoms with van der Waals surface area (Å²) in [6, 6.07) is 7.42. The molecule has 0 spiro atoms. The second kappa shape index (κ2) is 16.6. The topological polar surface area (TPSA) is 35.0 Å². The summed E-state index contributed by atoms with van der Waals surface area (Å²) >= 11 is 0. The molecule has 1 atom stereocenters. The molecule has 0 N–H and O–H groups in total. The Morgan fingerprint density at radius 3 is 1.76 bits per heavy atom. The van der Waals surface area contributed by atoms with Crippen LogP contribution in [0.1, 0.15) is 123 Å². The highest BCUT2D eigenvalue weighted by atomic mass is 19.2. The number of rotatable bonds is 19. The molecule has 0 bridgehead atoms. The van der Waals surface area contributed by atoms with E-state index in [0.717, 1.165) is 37.7 Å². The maximum absolute atomic E-state index is 14.7. The first-order valence-electron chi connectivity index (χ1n) is 13.8. The van der Waals surface area contributed by atoms with Crippen LogP contribution in [0.3, 0.4) is 0 Å². The Morgan fingerprint density at radius 1 is 0.706 bits per heavy atom. The van der Waals surface area contributed by atoms with Crippen molar-refractivity contribution in [3.8, 4) is 17.1 Å². The number of alkyl halides is 1. The van der Waals surface area contributed by atoms with Gasteiger partial charge in [0.15, 0.2) is 5.82 Å². The van der Waals surface area contributed by atoms with E-state index in [0.29, 0.717) is 18.0 Å². The third-order valence-corrected chi connectivity index (χ3v) is 6.44. The van der Waals surface area contributed by atoms with Gasteiger partial charge in [-0.2, -0.15) is 4.39 Å². The first kappa shape index (κ1) is 28.3. The fourth-order valence-corrected chi connectivity index (χ4v) is 4.29. The van der Waals surface area contributed by atoms with Gasteiger partial charge in [0, 0.05) is 31.3 Å². The number of benzene rings is 1. The van der Waals surface area contributed by atoms with Gasteiger partial charge in [-0.05, 0) is 49.1 Å². The van der Waals surface area contributed by atoms with Crippen LogP contribution in [0.4, 0.5) is 4.39 Å². The maximum Gasteiger partial charge on any atom is 0.245 e. The van der Waals surface area contributed by atoms with Gasteiger partial charge in [-0.1, -0.05) is 90.9 Å². The molecule has 190 valence electrons. The molecule has 1 aromatic heterocycles. The number of unbranched alkanes of at least 4 members (excludes halogenated alkanes) is 12. The number of aryl methyl sites for hydroxylation is 1. The van der Waals surface area contributed by atoms with E-state index >= 15 is 0 Å². The van der Waals surface area contributed by atoms with E-state index in [9.17, 15) is 4.39 Å². The third-order valence-electron chi connectivity index (χ3n) is 6.44. The molecular weight excluding hydrogens is 423 g/mol. The van der Waals surface area contributed by atoms with Crippen LogP contribution in [0.15, 0.2) is 36.7 Å². The zero-order valence-corrected chi connectivity index (χ0v) is 22.0. The summed E-state index contributed by atoms with van der Waals surface area (Å²) in [5, 5.41) is 0. The number of nitrogens with zero attached hydrogens (tertiary/aromatic N) is 2. The minimum absolute atomic E-state index is 0.415. The Labute approximate surface area is 208 Å². The molecule has 1 heterocycles. The van der Waals surface area contributed by atoms with Crippen molar-refractivity contribution in [1.29, 1.82) is 0 Å². The normalized spacial score (nSPS) is 13.1. The quantitative estimate of drug-likeness (QED) is 0.192. The average molecular weight is 471 g/mol. The van der Waals surface area contributed by atoms with Crippen molar-refractivity contribution >= 4 is 0 Å². The lowest BCUT2D eigenvalue weighted by Crippen LogP contribution is -2.26. The average Bonchev–Trinajstić information content (AvgIpc) is 2.84. The van der Waals surface area contributed by atoms with E-state index in [1.54, 1.807) is 12.1 Å². The molecule has 1 aromatic carbocycles. The van der Waals surface area contributed by atoms with Gasteiger partial charge in [0.2, 0.25) is 5.85 Å². The third kappa shape index (κ3) is 11.9. The van der Waals surface area contributed by atoms with Crippen molar-refractivity contribution in [1.82, 2.24) is 9.97 Å². The number of hydrogen-bond acceptors (Lipinski definition) is 3. The number of ether oxygens (including phenoxy) is 1. The fourth-order valence-electron chi connectivity index (χ4n) is 4.29. The molecule has 0 radical (unpaired) electrons. The predicted octanol–water partition coefficient (Wildman–Crippen LogP) is 9.64. The van der Waals surface area contributed by atoms with Gasteiger partial charge in [-0.25, -0.2) is 9.97 Å². The fraction of sp³-hybridized carbons (Fsp3) is 0.667. The van der Waals surface area contributed by atoms with Gasteiger partial charge in [0.25, 0.3) is 0 Å². The van der Waals surface area contributed by atoms with Crippen molar-refractivity contribution in [3.63, 3.8) is 0 Å². The van der Waals surface area contributed by atoms with Crippen LogP contribution in [0, 0.1) is 0 Å². The van der Waals surface area contributed by atoms with Crippen molar-refractivity contribution < 1.29 is 9.13 Å². The minimum Gasteiger partial charge on any atom is -0.458 e. The monoisotopic (exact) mass is 470 g/mol. The van der Waals surface area contributed by atoms with Crippen LogP contribution in [0.2, 0.25) is 0 Å². The van der Waals surface area contributed by atoms with Gasteiger partial charge in [-0.15, -0.1) is 0 Å². The minimum atomic E-state index is -1.64. The lowest BCUT2D eigenvalue weighted by atomic mass is 10.0. The van der Waals surface area contributed by atoms with E-state index < -0.39 is 5.85 Å². The molecule has 0 aliphatic heterocycles. The standard InChI is InChI=1S/C30H47FN2O/c1-4-6-8-10-11-12-13-14-15-16-18-26-24-32-29(33-25-26)27-19-21-28(22-20-27)34-30(3,31)23-17-9-7-5-2/h19-22,24-25H,4-18,23H2,1-3H3. The highest BCUT2D eigenvalue weighted by Gasteiger charge is 2.24. The summed E-state index contributed by atoms with van der Waals surface area (Å²) in [4.78, 5) is 9.10. The molecule has 0 aliphatic rings. The zero-order valence-electron chi connectivity index (χ0n) is 22.0. The predicted molar refractivity (Wildman–Crippen MR) is 142 cm³/mol. The number of hydrogen-bond donors (Lipinski definition) is 0. The van der Waals surface area contributed by atoms with E-state index in [1.807, 2.05) is 24.5 Å². The molecule has 0 fully saturated rings. The van der Waals surface area contributed by atoms with Gasteiger partial charge >= 0.3 is 0 Å². The van der Waals surface area contributed by atoms with Crippen molar-refractivity contribution in [2.45, 2.75) is 129 Å². The summed E-state index contributed by atoms with van der Waals surface area (Å²) in [5.41, 5.74) is 2.11. The van der Waals surface area contributed by atoms with Crippen LogP contribution in [0.5, 0.6) is 5.75 Å². The van der Waals surface area contributed by atoms with Gasteiger partial charge < -0.3 is 4.74 Å². The van der Waals surface area contributed by atoms with E-state index in [4.69, 9.17) is 4.74 Å². The van der Waals surface area contributed by atoms with Crippen LogP contribution in [0.25, 0.3) is 11.4 Å². The highest BCUT2D eigenvalue weighted by molar-refractivity contribution is 5.55. The zero-order chi connectivity index (χ0) is 24.5. The second-order valence-electron chi connectivity index (χ2n) is 9.89. The summed E-state index contributed by atoms with van der Waals surface area (Å²) in [6.45, 7) is 5.94. The smallest absolute Gasteiger partial charge is 0.245 e. The Kier molecular flexibility index (Phi) is 13.8. The molecule has 0 amide bonds. The molecule has 0 aliphatic carbocycles. The molecule has 4 heteroatoms. The molecule has 3 nitrogen and oxygen atoms in total. The second-order valence-corrected chi connectivity index (χ2v) is 9.89. The molecule has 34 heavy (non-hydrogen) atoms. The Bertz CT molecular complexity index is 758. The van der Waals surface area contributed by atoms with Gasteiger partial charge in [0.1, 0.15) is 5.75 Å². The van der Waals surface area contributed by atoms with Crippen molar-refractivity contribution in [2.24, 2.45) is 0 Å². The molecule has 1 unspecified atom stereocenters. The van der Waals surface area contributed by atoms with E-state index in [2.05, 4.69) is 23.8 Å². The first-order chi connectivity index (χ1) is 16.5. The van der Waals surface area contributed by atoms with Gasteiger partial charge in [0.05, 0.1) is 0 Å². The number of aromatic nitrogens is 2. The van der Waals surface area contributed by atoms with Crippen LogP contribution < -0.4 is 4.74 Å². The van der Waals surface area contributed by atoms with E-state index in [1.165, 1.54) is 76.7 Å². The summed E-state index contributed by atoms with van der Waals surface area (Å²) in [6.07, 6.45) is 23.0. The van der Waals surface area contributed by atoms with Crippen LogP contribution >= 0.6 is 0 Å². The SMILES string of the molecule is CCCCCCCCCCCCc1cnc(-c2ccc(OC(C)(F)CCCCCC)cc2)nc1. The molecule has 0 saturated carbocycles.